The molecule has 1 unspecified atom stereocenters. The number of ether oxygens (including phenoxy) is 1. The van der Waals surface area contributed by atoms with Gasteiger partial charge in [0.1, 0.15) is 11.9 Å². The fourth-order valence-corrected chi connectivity index (χ4v) is 4.57. The Bertz CT molecular complexity index is 976. The van der Waals surface area contributed by atoms with Crippen LogP contribution in [0.3, 0.4) is 0 Å². The van der Waals surface area contributed by atoms with Crippen LogP contribution in [-0.2, 0) is 26.1 Å². The standard InChI is InChI=1S/C21H26FN3O4S/c1-16(25(30(2,27)28)20-6-4-3-5-19(20)22)21(26)23-15-17-7-9-18(10-8-17)24-11-13-29-14-12-24/h3-10,16H,11-15H2,1-2H3,(H,23,26). The van der Waals surface area contributed by atoms with E-state index in [4.69, 9.17) is 4.74 Å². The molecule has 0 saturated carbocycles. The summed E-state index contributed by atoms with van der Waals surface area (Å²) < 4.78 is 44.9. The predicted molar refractivity (Wildman–Crippen MR) is 115 cm³/mol. The molecular formula is C21H26FN3O4S. The molecule has 0 radical (unpaired) electrons. The lowest BCUT2D eigenvalue weighted by molar-refractivity contribution is -0.122. The monoisotopic (exact) mass is 435 g/mol. The minimum atomic E-state index is -3.87. The summed E-state index contributed by atoms with van der Waals surface area (Å²) in [5.74, 6) is -1.22. The summed E-state index contributed by atoms with van der Waals surface area (Å²) in [4.78, 5) is 14.9. The van der Waals surface area contributed by atoms with Crippen molar-refractivity contribution in [2.45, 2.75) is 19.5 Å². The first-order chi connectivity index (χ1) is 14.3. The third kappa shape index (κ3) is 5.28. The molecule has 2 aromatic rings. The number of morpholine rings is 1. The maximum Gasteiger partial charge on any atom is 0.243 e. The molecule has 30 heavy (non-hydrogen) atoms. The number of benzene rings is 2. The molecule has 0 spiro atoms. The quantitative estimate of drug-likeness (QED) is 0.721. The lowest BCUT2D eigenvalue weighted by Gasteiger charge is -2.29. The molecule has 1 aliphatic heterocycles. The van der Waals surface area contributed by atoms with Gasteiger partial charge in [0.15, 0.2) is 0 Å². The van der Waals surface area contributed by atoms with E-state index in [1.165, 1.54) is 25.1 Å². The van der Waals surface area contributed by atoms with Crippen LogP contribution in [0.5, 0.6) is 0 Å². The molecule has 162 valence electrons. The SMILES string of the molecule is CC(C(=O)NCc1ccc(N2CCOCC2)cc1)N(c1ccccc1F)S(C)(=O)=O. The minimum Gasteiger partial charge on any atom is -0.378 e. The van der Waals surface area contributed by atoms with Crippen LogP contribution in [0.4, 0.5) is 15.8 Å². The Morgan fingerprint density at radius 3 is 2.40 bits per heavy atom. The first-order valence-electron chi connectivity index (χ1n) is 9.70. The van der Waals surface area contributed by atoms with E-state index in [0.717, 1.165) is 41.0 Å². The van der Waals surface area contributed by atoms with Crippen LogP contribution >= 0.6 is 0 Å². The first-order valence-corrected chi connectivity index (χ1v) is 11.6. The van der Waals surface area contributed by atoms with Crippen LogP contribution in [0.25, 0.3) is 0 Å². The molecular weight excluding hydrogens is 409 g/mol. The van der Waals surface area contributed by atoms with Crippen molar-refractivity contribution < 1.29 is 22.3 Å². The van der Waals surface area contributed by atoms with E-state index in [2.05, 4.69) is 10.2 Å². The van der Waals surface area contributed by atoms with Crippen molar-refractivity contribution in [2.24, 2.45) is 0 Å². The lowest BCUT2D eigenvalue weighted by Crippen LogP contribution is -2.48. The largest absolute Gasteiger partial charge is 0.378 e. The maximum atomic E-state index is 14.2. The van der Waals surface area contributed by atoms with Crippen LogP contribution in [0.1, 0.15) is 12.5 Å². The van der Waals surface area contributed by atoms with Crippen molar-refractivity contribution in [3.63, 3.8) is 0 Å². The van der Waals surface area contributed by atoms with E-state index in [9.17, 15) is 17.6 Å². The Hall–Kier alpha value is -2.65. The van der Waals surface area contributed by atoms with Crippen LogP contribution in [0.2, 0.25) is 0 Å². The van der Waals surface area contributed by atoms with Crippen LogP contribution in [-0.4, -0.2) is 52.9 Å². The molecule has 1 N–H and O–H groups in total. The molecule has 2 aromatic carbocycles. The molecule has 0 aromatic heterocycles. The Labute approximate surface area is 176 Å². The highest BCUT2D eigenvalue weighted by Crippen LogP contribution is 2.24. The van der Waals surface area contributed by atoms with Crippen LogP contribution in [0.15, 0.2) is 48.5 Å². The Morgan fingerprint density at radius 1 is 1.17 bits per heavy atom. The fourth-order valence-electron chi connectivity index (χ4n) is 3.39. The molecule has 3 rings (SSSR count). The molecule has 1 fully saturated rings. The fraction of sp³-hybridized carbons (Fsp3) is 0.381. The van der Waals surface area contributed by atoms with Gasteiger partial charge in [0.05, 0.1) is 25.2 Å². The third-order valence-corrected chi connectivity index (χ3v) is 6.19. The molecule has 0 aliphatic carbocycles. The number of rotatable bonds is 7. The molecule has 7 nitrogen and oxygen atoms in total. The summed E-state index contributed by atoms with van der Waals surface area (Å²) in [6, 6.07) is 12.2. The van der Waals surface area contributed by atoms with Gasteiger partial charge in [0.2, 0.25) is 15.9 Å². The van der Waals surface area contributed by atoms with E-state index in [1.807, 2.05) is 24.3 Å². The number of hydrogen-bond donors (Lipinski definition) is 1. The van der Waals surface area contributed by atoms with Crippen molar-refractivity contribution in [1.82, 2.24) is 5.32 Å². The van der Waals surface area contributed by atoms with E-state index >= 15 is 0 Å². The Kier molecular flexibility index (Phi) is 6.94. The number of sulfonamides is 1. The normalized spacial score (nSPS) is 15.5. The van der Waals surface area contributed by atoms with E-state index in [1.54, 1.807) is 0 Å². The number of carbonyl (C=O) groups is 1. The topological polar surface area (TPSA) is 79.0 Å². The highest BCUT2D eigenvalue weighted by Gasteiger charge is 2.30. The second-order valence-corrected chi connectivity index (χ2v) is 9.03. The summed E-state index contributed by atoms with van der Waals surface area (Å²) in [6.45, 7) is 4.75. The third-order valence-electron chi connectivity index (χ3n) is 4.96. The van der Waals surface area contributed by atoms with Crippen LogP contribution in [0, 0.1) is 5.82 Å². The van der Waals surface area contributed by atoms with Gasteiger partial charge < -0.3 is 15.0 Å². The molecule has 1 atom stereocenters. The maximum absolute atomic E-state index is 14.2. The second-order valence-electron chi connectivity index (χ2n) is 7.17. The zero-order chi connectivity index (χ0) is 21.7. The van der Waals surface area contributed by atoms with Gasteiger partial charge in [-0.2, -0.15) is 0 Å². The average molecular weight is 436 g/mol. The summed E-state index contributed by atoms with van der Waals surface area (Å²) in [5.41, 5.74) is 1.81. The van der Waals surface area contributed by atoms with Crippen molar-refractivity contribution in [3.8, 4) is 0 Å². The summed E-state index contributed by atoms with van der Waals surface area (Å²) in [5, 5.41) is 2.74. The van der Waals surface area contributed by atoms with Crippen molar-refractivity contribution in [2.75, 3.05) is 41.8 Å². The van der Waals surface area contributed by atoms with Gasteiger partial charge in [-0.25, -0.2) is 12.8 Å². The molecule has 0 bridgehead atoms. The minimum absolute atomic E-state index is 0.155. The zero-order valence-electron chi connectivity index (χ0n) is 17.0. The number of carbonyl (C=O) groups excluding carboxylic acids is 1. The van der Waals surface area contributed by atoms with E-state index < -0.39 is 27.8 Å². The van der Waals surface area contributed by atoms with Gasteiger partial charge in [-0.1, -0.05) is 24.3 Å². The van der Waals surface area contributed by atoms with Gasteiger partial charge in [0.25, 0.3) is 0 Å². The van der Waals surface area contributed by atoms with Gasteiger partial charge in [0, 0.05) is 25.3 Å². The number of nitrogens with one attached hydrogen (secondary N) is 1. The molecule has 1 saturated heterocycles. The smallest absolute Gasteiger partial charge is 0.243 e. The number of anilines is 2. The lowest BCUT2D eigenvalue weighted by atomic mass is 10.1. The highest BCUT2D eigenvalue weighted by molar-refractivity contribution is 7.92. The zero-order valence-corrected chi connectivity index (χ0v) is 17.9. The van der Waals surface area contributed by atoms with E-state index in [0.29, 0.717) is 13.2 Å². The summed E-state index contributed by atoms with van der Waals surface area (Å²) in [6.07, 6.45) is 0.952. The number of para-hydroxylation sites is 1. The Morgan fingerprint density at radius 2 is 1.80 bits per heavy atom. The second kappa shape index (κ2) is 9.44. The number of halogens is 1. The number of hydrogen-bond acceptors (Lipinski definition) is 5. The van der Waals surface area contributed by atoms with Crippen molar-refractivity contribution in [3.05, 3.63) is 59.9 Å². The Balaban J connectivity index is 1.66. The van der Waals surface area contributed by atoms with Crippen LogP contribution < -0.4 is 14.5 Å². The summed E-state index contributed by atoms with van der Waals surface area (Å²) >= 11 is 0. The van der Waals surface area contributed by atoms with Gasteiger partial charge >= 0.3 is 0 Å². The molecule has 1 heterocycles. The summed E-state index contributed by atoms with van der Waals surface area (Å²) in [7, 11) is -3.87. The van der Waals surface area contributed by atoms with Crippen molar-refractivity contribution >= 4 is 27.3 Å². The molecule has 9 heteroatoms. The highest BCUT2D eigenvalue weighted by atomic mass is 32.2. The number of nitrogens with zero attached hydrogens (tertiary/aromatic N) is 2. The van der Waals surface area contributed by atoms with Gasteiger partial charge in [-0.3, -0.25) is 9.10 Å². The van der Waals surface area contributed by atoms with Gasteiger partial charge in [-0.05, 0) is 36.8 Å². The first kappa shape index (κ1) is 22.0. The predicted octanol–water partition coefficient (Wildman–Crippen LogP) is 2.13. The van der Waals surface area contributed by atoms with Gasteiger partial charge in [-0.15, -0.1) is 0 Å². The molecule has 1 aliphatic rings. The number of amides is 1. The average Bonchev–Trinajstić information content (AvgIpc) is 2.73. The van der Waals surface area contributed by atoms with E-state index in [-0.39, 0.29) is 12.2 Å². The molecule has 1 amide bonds. The van der Waals surface area contributed by atoms with Crippen molar-refractivity contribution in [1.29, 1.82) is 0 Å².